The predicted octanol–water partition coefficient (Wildman–Crippen LogP) is -0.667. The lowest BCUT2D eigenvalue weighted by molar-refractivity contribution is -0.193. The van der Waals surface area contributed by atoms with Crippen molar-refractivity contribution in [1.82, 2.24) is 19.8 Å². The number of imide groups is 2. The van der Waals surface area contributed by atoms with Crippen molar-refractivity contribution in [2.75, 3.05) is 21.1 Å². The summed E-state index contributed by atoms with van der Waals surface area (Å²) in [5.74, 6) is -1.56. The van der Waals surface area contributed by atoms with E-state index in [1.807, 2.05) is 0 Å². The van der Waals surface area contributed by atoms with Crippen molar-refractivity contribution in [2.45, 2.75) is 14.8 Å². The molecule has 10 heteroatoms. The molecule has 0 aliphatic carbocycles. The number of urea groups is 1. The molecule has 0 radical (unpaired) electrons. The van der Waals surface area contributed by atoms with Gasteiger partial charge in [0.25, 0.3) is 17.7 Å². The molecule has 0 saturated carbocycles. The second kappa shape index (κ2) is 3.60. The van der Waals surface area contributed by atoms with Crippen molar-refractivity contribution >= 4 is 55.6 Å². The van der Waals surface area contributed by atoms with E-state index in [2.05, 4.69) is 31.9 Å². The monoisotopic (exact) mass is 408 g/mol. The number of carbonyl (C=O) groups is 4. The summed E-state index contributed by atoms with van der Waals surface area (Å²) in [6.45, 7) is 0. The first-order valence-corrected chi connectivity index (χ1v) is 7.25. The highest BCUT2D eigenvalue weighted by molar-refractivity contribution is 9.13. The van der Waals surface area contributed by atoms with Gasteiger partial charge < -0.3 is 0 Å². The maximum absolute atomic E-state index is 12.3. The summed E-state index contributed by atoms with van der Waals surface area (Å²) in [6, 6.07) is -1.51. The fourth-order valence-corrected chi connectivity index (χ4v) is 5.04. The highest BCUT2D eigenvalue weighted by atomic mass is 79.9. The minimum absolute atomic E-state index is 0.509. The molecule has 0 N–H and O–H groups in total. The van der Waals surface area contributed by atoms with E-state index in [1.54, 1.807) is 0 Å². The number of likely N-dealkylation sites (N-methyl/N-ethyl adjacent to an activating group) is 2. The number of carbonyl (C=O) groups excluding carboxylic acids is 4. The van der Waals surface area contributed by atoms with E-state index in [4.69, 9.17) is 0 Å². The van der Waals surface area contributed by atoms with Crippen LogP contribution < -0.4 is 0 Å². The van der Waals surface area contributed by atoms with Crippen molar-refractivity contribution in [3.05, 3.63) is 0 Å². The van der Waals surface area contributed by atoms with Crippen LogP contribution in [0.2, 0.25) is 0 Å². The van der Waals surface area contributed by atoms with Crippen LogP contribution in [-0.4, -0.2) is 79.5 Å². The van der Waals surface area contributed by atoms with Crippen LogP contribution in [-0.2, 0) is 14.4 Å². The van der Waals surface area contributed by atoms with Gasteiger partial charge >= 0.3 is 6.03 Å². The van der Waals surface area contributed by atoms with Gasteiger partial charge in [-0.1, -0.05) is 31.9 Å². The van der Waals surface area contributed by atoms with Crippen LogP contribution in [0.25, 0.3) is 0 Å². The predicted molar refractivity (Wildman–Crippen MR) is 72.6 cm³/mol. The van der Waals surface area contributed by atoms with Gasteiger partial charge in [-0.05, 0) is 0 Å². The smallest absolute Gasteiger partial charge is 0.282 e. The molecule has 0 aromatic rings. The van der Waals surface area contributed by atoms with Crippen molar-refractivity contribution in [1.29, 1.82) is 0 Å². The molecule has 5 amide bonds. The molecule has 8 nitrogen and oxygen atoms in total. The molecule has 3 atom stereocenters. The quantitative estimate of drug-likeness (QED) is 0.301. The van der Waals surface area contributed by atoms with E-state index in [0.29, 0.717) is 0 Å². The maximum atomic E-state index is 12.3. The summed E-state index contributed by atoms with van der Waals surface area (Å²) >= 11 is 6.52. The summed E-state index contributed by atoms with van der Waals surface area (Å²) in [7, 11) is 4.14. The highest BCUT2D eigenvalue weighted by Crippen LogP contribution is 2.62. The Bertz CT molecular complexity index is 598. The zero-order valence-corrected chi connectivity index (χ0v) is 13.9. The van der Waals surface area contributed by atoms with E-state index in [1.165, 1.54) is 31.2 Å². The molecule has 0 bridgehead atoms. The van der Waals surface area contributed by atoms with Crippen molar-refractivity contribution in [2.24, 2.45) is 0 Å². The Balaban J connectivity index is 2.19. The minimum Gasteiger partial charge on any atom is -0.282 e. The molecule has 0 aromatic heterocycles. The molecule has 3 saturated heterocycles. The maximum Gasteiger partial charge on any atom is 0.340 e. The standard InChI is InChI=1S/C10H10Br2N4O4/c1-13-5(17)4-9(11)6(18)14(2)7(19)10(9,12)16(4)15(3)8(13)20/h4H,1-3H3/t4-,9-,10+/m1/s1. The third-order valence-corrected chi connectivity index (χ3v) is 7.28. The molecule has 3 heterocycles. The number of hydrogen-bond acceptors (Lipinski definition) is 5. The summed E-state index contributed by atoms with van der Waals surface area (Å²) in [6.07, 6.45) is 0. The van der Waals surface area contributed by atoms with Crippen LogP contribution in [0, 0.1) is 0 Å². The summed E-state index contributed by atoms with van der Waals surface area (Å²) in [5, 5.41) is 2.47. The molecule has 3 aliphatic rings. The highest BCUT2D eigenvalue weighted by Gasteiger charge is 2.86. The zero-order valence-electron chi connectivity index (χ0n) is 10.8. The molecule has 108 valence electrons. The van der Waals surface area contributed by atoms with Crippen molar-refractivity contribution < 1.29 is 19.2 Å². The van der Waals surface area contributed by atoms with E-state index in [-0.39, 0.29) is 0 Å². The molecule has 0 spiro atoms. The Morgan fingerprint density at radius 1 is 0.950 bits per heavy atom. The van der Waals surface area contributed by atoms with Crippen LogP contribution >= 0.6 is 31.9 Å². The average molecular weight is 410 g/mol. The molecule has 20 heavy (non-hydrogen) atoms. The first-order valence-electron chi connectivity index (χ1n) is 5.66. The number of nitrogens with zero attached hydrogens (tertiary/aromatic N) is 4. The Hall–Kier alpha value is -1.00. The number of likely N-dealkylation sites (tertiary alicyclic amines) is 1. The molecule has 3 rings (SSSR count). The van der Waals surface area contributed by atoms with Gasteiger partial charge in [-0.25, -0.2) is 4.79 Å². The Morgan fingerprint density at radius 2 is 1.50 bits per heavy atom. The number of fused-ring (bicyclic) bond motifs is 4. The van der Waals surface area contributed by atoms with Crippen LogP contribution in [0.5, 0.6) is 0 Å². The van der Waals surface area contributed by atoms with Crippen molar-refractivity contribution in [3.8, 4) is 0 Å². The first-order chi connectivity index (χ1) is 9.11. The van der Waals surface area contributed by atoms with Gasteiger partial charge in [0.05, 0.1) is 0 Å². The normalized spacial score (nSPS) is 41.0. The Kier molecular flexibility index (Phi) is 2.51. The SMILES string of the molecule is CN1C(=O)[C@H]2N(N(C)C1=O)[C@@]1(Br)C(=O)N(C)C(=O)[C@]21Br. The lowest BCUT2D eigenvalue weighted by Gasteiger charge is -2.63. The zero-order chi connectivity index (χ0) is 15.2. The number of alkyl halides is 2. The van der Waals surface area contributed by atoms with Crippen molar-refractivity contribution in [3.63, 3.8) is 0 Å². The fourth-order valence-electron chi connectivity index (χ4n) is 2.94. The van der Waals surface area contributed by atoms with Gasteiger partial charge in [0, 0.05) is 21.1 Å². The van der Waals surface area contributed by atoms with Gasteiger partial charge in [-0.2, -0.15) is 5.01 Å². The molecule has 3 fully saturated rings. The lowest BCUT2D eigenvalue weighted by atomic mass is 9.80. The molecular formula is C10H10Br2N4O4. The fraction of sp³-hybridized carbons (Fsp3) is 0.600. The number of hydrazine groups is 1. The Labute approximate surface area is 130 Å². The molecule has 0 aromatic carbocycles. The van der Waals surface area contributed by atoms with E-state index in [0.717, 1.165) is 9.80 Å². The lowest BCUT2D eigenvalue weighted by Crippen LogP contribution is -2.89. The van der Waals surface area contributed by atoms with Gasteiger partial charge in [0.15, 0.2) is 4.32 Å². The third kappa shape index (κ3) is 1.06. The van der Waals surface area contributed by atoms with E-state index in [9.17, 15) is 19.2 Å². The second-order valence-electron chi connectivity index (χ2n) is 4.95. The number of hydrogen-bond donors (Lipinski definition) is 0. The van der Waals surface area contributed by atoms with E-state index < -0.39 is 38.6 Å². The third-order valence-electron chi connectivity index (χ3n) is 4.07. The largest absolute Gasteiger partial charge is 0.340 e. The number of rotatable bonds is 0. The van der Waals surface area contributed by atoms with E-state index >= 15 is 0 Å². The molecular weight excluding hydrogens is 400 g/mol. The van der Waals surface area contributed by atoms with Crippen LogP contribution in [0.3, 0.4) is 0 Å². The summed E-state index contributed by atoms with van der Waals surface area (Å²) in [4.78, 5) is 50.8. The summed E-state index contributed by atoms with van der Waals surface area (Å²) < 4.78 is -2.87. The molecule has 0 unspecified atom stereocenters. The summed E-state index contributed by atoms with van der Waals surface area (Å²) in [5.41, 5.74) is 0. The molecule has 3 aliphatic heterocycles. The van der Waals surface area contributed by atoms with Crippen LogP contribution in [0.15, 0.2) is 0 Å². The topological polar surface area (TPSA) is 81.2 Å². The first kappa shape index (κ1) is 14.0. The minimum atomic E-state index is -1.46. The van der Waals surface area contributed by atoms with Gasteiger partial charge in [-0.3, -0.25) is 29.2 Å². The number of amides is 5. The van der Waals surface area contributed by atoms with Gasteiger partial charge in [-0.15, -0.1) is 0 Å². The second-order valence-corrected chi connectivity index (χ2v) is 7.35. The number of halogens is 2. The van der Waals surface area contributed by atoms with Gasteiger partial charge in [0.2, 0.25) is 4.45 Å². The van der Waals surface area contributed by atoms with Crippen LogP contribution in [0.4, 0.5) is 4.79 Å². The van der Waals surface area contributed by atoms with Gasteiger partial charge in [0.1, 0.15) is 6.04 Å². The average Bonchev–Trinajstić information content (AvgIpc) is 2.52. The Morgan fingerprint density at radius 3 is 2.05 bits per heavy atom. The van der Waals surface area contributed by atoms with Crippen LogP contribution in [0.1, 0.15) is 0 Å².